The Morgan fingerprint density at radius 1 is 0.907 bits per heavy atom. The van der Waals surface area contributed by atoms with E-state index >= 15 is 0 Å². The van der Waals surface area contributed by atoms with Crippen LogP contribution in [0.3, 0.4) is 0 Å². The van der Waals surface area contributed by atoms with Crippen LogP contribution < -0.4 is 9.64 Å². The smallest absolute Gasteiger partial charge is 0.263 e. The van der Waals surface area contributed by atoms with Gasteiger partial charge in [-0.05, 0) is 54.8 Å². The average molecular weight is 617 g/mol. The van der Waals surface area contributed by atoms with Crippen LogP contribution in [0.2, 0.25) is 10.0 Å². The maximum absolute atomic E-state index is 13.4. The van der Waals surface area contributed by atoms with Crippen molar-refractivity contribution in [3.63, 3.8) is 0 Å². The molecule has 1 aliphatic heterocycles. The summed E-state index contributed by atoms with van der Waals surface area (Å²) in [7, 11) is 0. The van der Waals surface area contributed by atoms with E-state index in [-0.39, 0.29) is 5.91 Å². The Bertz CT molecular complexity index is 1760. The van der Waals surface area contributed by atoms with E-state index in [0.29, 0.717) is 77.1 Å². The molecule has 2 aromatic heterocycles. The molecule has 0 N–H and O–H groups in total. The zero-order chi connectivity index (χ0) is 29.9. The summed E-state index contributed by atoms with van der Waals surface area (Å²) in [4.78, 5) is 27.2. The fourth-order valence-electron chi connectivity index (χ4n) is 5.24. The topological polar surface area (TPSA) is 84.6 Å². The molecular formula is C33H31Cl2N5O3. The lowest BCUT2D eigenvalue weighted by atomic mass is 10.1. The molecule has 0 saturated carbocycles. The second kappa shape index (κ2) is 12.6. The summed E-state index contributed by atoms with van der Waals surface area (Å²) >= 11 is 12.3. The molecule has 10 heteroatoms. The molecule has 6 rings (SSSR count). The Kier molecular flexibility index (Phi) is 8.49. The highest BCUT2D eigenvalue weighted by Crippen LogP contribution is 2.36. The van der Waals surface area contributed by atoms with E-state index in [4.69, 9.17) is 42.4 Å². The molecule has 220 valence electrons. The molecule has 5 aromatic rings. The summed E-state index contributed by atoms with van der Waals surface area (Å²) in [5, 5.41) is 5.99. The maximum Gasteiger partial charge on any atom is 0.263 e. The summed E-state index contributed by atoms with van der Waals surface area (Å²) in [6.07, 6.45) is 1.47. The number of hydrogen-bond donors (Lipinski definition) is 0. The van der Waals surface area contributed by atoms with Gasteiger partial charge in [0.25, 0.3) is 11.6 Å². The third-order valence-corrected chi connectivity index (χ3v) is 8.03. The van der Waals surface area contributed by atoms with Crippen LogP contribution in [0.15, 0.2) is 77.3 Å². The van der Waals surface area contributed by atoms with Gasteiger partial charge in [-0.15, -0.1) is 0 Å². The van der Waals surface area contributed by atoms with Crippen molar-refractivity contribution in [3.8, 4) is 22.8 Å². The number of halogens is 2. The second-order valence-corrected chi connectivity index (χ2v) is 11.8. The number of rotatable bonds is 7. The zero-order valence-electron chi connectivity index (χ0n) is 24.0. The van der Waals surface area contributed by atoms with Crippen molar-refractivity contribution in [1.82, 2.24) is 20.0 Å². The lowest BCUT2D eigenvalue weighted by Gasteiger charge is -2.24. The number of anilines is 1. The van der Waals surface area contributed by atoms with Gasteiger partial charge in [0.1, 0.15) is 34.2 Å². The first-order valence-electron chi connectivity index (χ1n) is 14.3. The Hall–Kier alpha value is -4.14. The Morgan fingerprint density at radius 3 is 2.51 bits per heavy atom. The summed E-state index contributed by atoms with van der Waals surface area (Å²) < 4.78 is 11.9. The minimum Gasteiger partial charge on any atom is -0.457 e. The van der Waals surface area contributed by atoms with Crippen molar-refractivity contribution in [3.05, 3.63) is 94.2 Å². The van der Waals surface area contributed by atoms with Gasteiger partial charge in [-0.25, -0.2) is 4.98 Å². The Morgan fingerprint density at radius 2 is 1.72 bits per heavy atom. The molecule has 0 aliphatic carbocycles. The number of carbonyl (C=O) groups excluding carboxylic acids is 1. The molecule has 43 heavy (non-hydrogen) atoms. The third-order valence-electron chi connectivity index (χ3n) is 7.29. The highest BCUT2D eigenvalue weighted by atomic mass is 35.5. The molecule has 1 aliphatic rings. The predicted molar refractivity (Wildman–Crippen MR) is 169 cm³/mol. The number of ether oxygens (including phenoxy) is 1. The molecule has 0 spiro atoms. The molecule has 1 saturated heterocycles. The molecular weight excluding hydrogens is 585 g/mol. The number of amides is 1. The van der Waals surface area contributed by atoms with Gasteiger partial charge >= 0.3 is 0 Å². The molecule has 8 nitrogen and oxygen atoms in total. The van der Waals surface area contributed by atoms with Crippen molar-refractivity contribution in [2.24, 2.45) is 5.92 Å². The lowest BCUT2D eigenvalue weighted by molar-refractivity contribution is 0.0767. The van der Waals surface area contributed by atoms with E-state index in [1.165, 1.54) is 0 Å². The van der Waals surface area contributed by atoms with Crippen molar-refractivity contribution >= 4 is 46.0 Å². The standard InChI is InChI=1S/C33H31Cl2N5O3/c1-21(2)18-28-36-31(39-14-7-15-40(17-16-39)33(41)23-12-13-26(34)27(35)20-23)29-30(38-43-32(29)37-28)22-8-6-11-25(19-22)42-24-9-4-3-5-10-24/h3-6,8-13,19-21H,7,14-18H2,1-2H3. The van der Waals surface area contributed by atoms with E-state index < -0.39 is 0 Å². The summed E-state index contributed by atoms with van der Waals surface area (Å²) in [5.74, 6) is 3.18. The molecule has 0 bridgehead atoms. The number of carbonyl (C=O) groups is 1. The zero-order valence-corrected chi connectivity index (χ0v) is 25.5. The quantitative estimate of drug-likeness (QED) is 0.184. The van der Waals surface area contributed by atoms with Gasteiger partial charge in [0.2, 0.25) is 0 Å². The first kappa shape index (κ1) is 29.0. The van der Waals surface area contributed by atoms with E-state index in [1.54, 1.807) is 18.2 Å². The van der Waals surface area contributed by atoms with Crippen molar-refractivity contribution in [1.29, 1.82) is 0 Å². The van der Waals surface area contributed by atoms with Crippen LogP contribution in [0.1, 0.15) is 36.5 Å². The van der Waals surface area contributed by atoms with Crippen LogP contribution in [-0.2, 0) is 6.42 Å². The number of aromatic nitrogens is 3. The van der Waals surface area contributed by atoms with Gasteiger partial charge in [-0.1, -0.05) is 72.5 Å². The number of fused-ring (bicyclic) bond motifs is 1. The molecule has 3 aromatic carbocycles. The number of para-hydroxylation sites is 1. The van der Waals surface area contributed by atoms with E-state index in [9.17, 15) is 4.79 Å². The van der Waals surface area contributed by atoms with Crippen LogP contribution in [0.5, 0.6) is 11.5 Å². The summed E-state index contributed by atoms with van der Waals surface area (Å²) in [5.41, 5.74) is 2.44. The minimum atomic E-state index is -0.0744. The minimum absolute atomic E-state index is 0.0744. The molecule has 0 unspecified atom stereocenters. The Labute approximate surface area is 260 Å². The molecule has 0 radical (unpaired) electrons. The molecule has 0 atom stereocenters. The lowest BCUT2D eigenvalue weighted by Crippen LogP contribution is -2.35. The molecule has 3 heterocycles. The van der Waals surface area contributed by atoms with Crippen molar-refractivity contribution < 1.29 is 14.1 Å². The van der Waals surface area contributed by atoms with Crippen LogP contribution in [0.25, 0.3) is 22.4 Å². The first-order valence-corrected chi connectivity index (χ1v) is 15.1. The summed E-state index contributed by atoms with van der Waals surface area (Å²) in [6.45, 7) is 6.69. The van der Waals surface area contributed by atoms with E-state index in [1.807, 2.05) is 59.5 Å². The maximum atomic E-state index is 13.4. The van der Waals surface area contributed by atoms with Gasteiger partial charge in [0.15, 0.2) is 0 Å². The number of hydrogen-bond acceptors (Lipinski definition) is 7. The highest BCUT2D eigenvalue weighted by Gasteiger charge is 2.27. The fraction of sp³-hybridized carbons (Fsp3) is 0.273. The van der Waals surface area contributed by atoms with Crippen molar-refractivity contribution in [2.75, 3.05) is 31.1 Å². The average Bonchev–Trinajstić information content (AvgIpc) is 3.27. The van der Waals surface area contributed by atoms with E-state index in [2.05, 4.69) is 23.9 Å². The monoisotopic (exact) mass is 615 g/mol. The third kappa shape index (κ3) is 6.45. The number of benzene rings is 3. The Balaban J connectivity index is 1.33. The highest BCUT2D eigenvalue weighted by molar-refractivity contribution is 6.42. The van der Waals surface area contributed by atoms with Gasteiger partial charge < -0.3 is 19.1 Å². The fourth-order valence-corrected chi connectivity index (χ4v) is 5.54. The van der Waals surface area contributed by atoms with E-state index in [0.717, 1.165) is 28.9 Å². The van der Waals surface area contributed by atoms with Gasteiger partial charge in [0.05, 0.1) is 10.0 Å². The predicted octanol–water partition coefficient (Wildman–Crippen LogP) is 7.93. The van der Waals surface area contributed by atoms with Gasteiger partial charge in [-0.3, -0.25) is 4.79 Å². The largest absolute Gasteiger partial charge is 0.457 e. The molecule has 1 fully saturated rings. The SMILES string of the molecule is CC(C)Cc1nc(N2CCCN(C(=O)c3ccc(Cl)c(Cl)c3)CC2)c2c(-c3cccc(Oc4ccccc4)c3)noc2n1. The summed E-state index contributed by atoms with van der Waals surface area (Å²) in [6, 6.07) is 22.4. The van der Waals surface area contributed by atoms with Crippen LogP contribution in [0, 0.1) is 5.92 Å². The second-order valence-electron chi connectivity index (χ2n) is 11.0. The normalized spacial score (nSPS) is 13.9. The first-order chi connectivity index (χ1) is 20.9. The van der Waals surface area contributed by atoms with Gasteiger partial charge in [0, 0.05) is 43.7 Å². The van der Waals surface area contributed by atoms with Crippen LogP contribution in [-0.4, -0.2) is 52.1 Å². The van der Waals surface area contributed by atoms with Crippen LogP contribution >= 0.6 is 23.2 Å². The van der Waals surface area contributed by atoms with Gasteiger partial charge in [-0.2, -0.15) is 4.98 Å². The van der Waals surface area contributed by atoms with Crippen LogP contribution in [0.4, 0.5) is 5.82 Å². The number of nitrogens with zero attached hydrogens (tertiary/aromatic N) is 5. The molecule has 1 amide bonds. The van der Waals surface area contributed by atoms with Crippen molar-refractivity contribution in [2.45, 2.75) is 26.7 Å².